The normalized spacial score (nSPS) is 11.4. The number of benzene rings is 1. The minimum atomic E-state index is -4.35. The van der Waals surface area contributed by atoms with Crippen LogP contribution < -0.4 is 5.32 Å². The minimum absolute atomic E-state index is 0.418. The Labute approximate surface area is 114 Å². The molecule has 0 unspecified atom stereocenters. The summed E-state index contributed by atoms with van der Waals surface area (Å²) < 4.78 is 38.1. The molecule has 0 spiro atoms. The monoisotopic (exact) mass is 281 g/mol. The van der Waals surface area contributed by atoms with Gasteiger partial charge in [-0.2, -0.15) is 13.2 Å². The third-order valence-corrected chi connectivity index (χ3v) is 2.71. The summed E-state index contributed by atoms with van der Waals surface area (Å²) in [5.41, 5.74) is 0.197. The van der Waals surface area contributed by atoms with E-state index in [-0.39, 0.29) is 0 Å². The van der Waals surface area contributed by atoms with E-state index < -0.39 is 11.7 Å². The molecule has 0 bridgehead atoms. The molecule has 0 saturated heterocycles. The first-order valence-electron chi connectivity index (χ1n) is 6.24. The first-order chi connectivity index (χ1) is 9.50. The molecule has 0 atom stereocenters. The van der Waals surface area contributed by atoms with Gasteiger partial charge < -0.3 is 5.32 Å². The number of alkyl halides is 3. The fourth-order valence-corrected chi connectivity index (χ4v) is 1.72. The van der Waals surface area contributed by atoms with Crippen LogP contribution in [0.5, 0.6) is 0 Å². The summed E-state index contributed by atoms with van der Waals surface area (Å²) in [7, 11) is 0. The first-order valence-corrected chi connectivity index (χ1v) is 6.24. The molecule has 1 aromatic heterocycles. The van der Waals surface area contributed by atoms with Crippen LogP contribution in [0.25, 0.3) is 11.3 Å². The van der Waals surface area contributed by atoms with Gasteiger partial charge in [-0.05, 0) is 18.6 Å². The van der Waals surface area contributed by atoms with E-state index >= 15 is 0 Å². The number of nitrogens with one attached hydrogen (secondary N) is 1. The minimum Gasteiger partial charge on any atom is -0.370 e. The third-order valence-electron chi connectivity index (χ3n) is 2.71. The summed E-state index contributed by atoms with van der Waals surface area (Å²) in [4.78, 5) is 8.05. The molecule has 106 valence electrons. The van der Waals surface area contributed by atoms with Crippen LogP contribution in [0.3, 0.4) is 0 Å². The summed E-state index contributed by atoms with van der Waals surface area (Å²) in [5.74, 6) is 0.606. The third kappa shape index (κ3) is 3.46. The number of nitrogens with zero attached hydrogens (tertiary/aromatic N) is 2. The average molecular weight is 281 g/mol. The van der Waals surface area contributed by atoms with Crippen LogP contribution in [0, 0.1) is 0 Å². The zero-order valence-electron chi connectivity index (χ0n) is 10.9. The highest BCUT2D eigenvalue weighted by Gasteiger charge is 2.30. The highest BCUT2D eigenvalue weighted by Crippen LogP contribution is 2.31. The fraction of sp³-hybridized carbons (Fsp3) is 0.286. The summed E-state index contributed by atoms with van der Waals surface area (Å²) >= 11 is 0. The fourth-order valence-electron chi connectivity index (χ4n) is 1.72. The van der Waals surface area contributed by atoms with E-state index in [1.807, 2.05) is 6.92 Å². The van der Waals surface area contributed by atoms with E-state index in [1.54, 1.807) is 12.1 Å². The van der Waals surface area contributed by atoms with Crippen molar-refractivity contribution < 1.29 is 13.2 Å². The summed E-state index contributed by atoms with van der Waals surface area (Å²) in [6.45, 7) is 2.76. The molecule has 20 heavy (non-hydrogen) atoms. The molecule has 3 nitrogen and oxygen atoms in total. The lowest BCUT2D eigenvalue weighted by Crippen LogP contribution is -2.05. The SMILES string of the molecule is CCCNc1cc(-c2cccc(C(F)(F)F)c2)ncn1. The van der Waals surface area contributed by atoms with Gasteiger partial charge in [0, 0.05) is 18.2 Å². The molecule has 1 heterocycles. The second-order valence-electron chi connectivity index (χ2n) is 4.29. The second-order valence-corrected chi connectivity index (χ2v) is 4.29. The van der Waals surface area contributed by atoms with Gasteiger partial charge >= 0.3 is 6.18 Å². The lowest BCUT2D eigenvalue weighted by atomic mass is 10.1. The predicted molar refractivity (Wildman–Crippen MR) is 71.3 cm³/mol. The molecule has 1 aromatic carbocycles. The number of rotatable bonds is 4. The Hall–Kier alpha value is -2.11. The van der Waals surface area contributed by atoms with Gasteiger partial charge in [-0.1, -0.05) is 19.1 Å². The molecule has 0 amide bonds. The Kier molecular flexibility index (Phi) is 4.22. The van der Waals surface area contributed by atoms with Crippen LogP contribution in [-0.4, -0.2) is 16.5 Å². The van der Waals surface area contributed by atoms with Gasteiger partial charge in [0.2, 0.25) is 0 Å². The largest absolute Gasteiger partial charge is 0.416 e. The van der Waals surface area contributed by atoms with Crippen molar-refractivity contribution in [3.05, 3.63) is 42.2 Å². The molecule has 6 heteroatoms. The molecule has 0 saturated carbocycles. The van der Waals surface area contributed by atoms with Gasteiger partial charge in [0.1, 0.15) is 12.1 Å². The Bertz CT molecular complexity index is 582. The molecule has 0 aliphatic carbocycles. The second kappa shape index (κ2) is 5.90. The van der Waals surface area contributed by atoms with Crippen molar-refractivity contribution in [3.63, 3.8) is 0 Å². The van der Waals surface area contributed by atoms with E-state index in [9.17, 15) is 13.2 Å². The quantitative estimate of drug-likeness (QED) is 0.921. The smallest absolute Gasteiger partial charge is 0.370 e. The van der Waals surface area contributed by atoms with Gasteiger partial charge in [-0.3, -0.25) is 0 Å². The number of halogens is 3. The average Bonchev–Trinajstić information content (AvgIpc) is 2.45. The van der Waals surface area contributed by atoms with Crippen molar-refractivity contribution in [2.24, 2.45) is 0 Å². The molecule has 0 aliphatic rings. The Balaban J connectivity index is 2.32. The predicted octanol–water partition coefficient (Wildman–Crippen LogP) is 3.98. The van der Waals surface area contributed by atoms with Crippen molar-refractivity contribution in [1.29, 1.82) is 0 Å². The standard InChI is InChI=1S/C14H14F3N3/c1-2-6-18-13-8-12(19-9-20-13)10-4-3-5-11(7-10)14(15,16)17/h3-5,7-9H,2,6H2,1H3,(H,18,19,20). The number of anilines is 1. The summed E-state index contributed by atoms with van der Waals surface area (Å²) in [6.07, 6.45) is -2.08. The molecule has 2 rings (SSSR count). The number of aromatic nitrogens is 2. The summed E-state index contributed by atoms with van der Waals surface area (Å²) in [6, 6.07) is 6.75. The van der Waals surface area contributed by atoms with Crippen molar-refractivity contribution in [2.75, 3.05) is 11.9 Å². The molecule has 2 aromatic rings. The molecule has 1 N–H and O–H groups in total. The Morgan fingerprint density at radius 2 is 1.95 bits per heavy atom. The van der Waals surface area contributed by atoms with Gasteiger partial charge in [0.15, 0.2) is 0 Å². The Morgan fingerprint density at radius 1 is 1.15 bits per heavy atom. The molecular formula is C14H14F3N3. The van der Waals surface area contributed by atoms with E-state index in [0.29, 0.717) is 17.1 Å². The van der Waals surface area contributed by atoms with E-state index in [2.05, 4.69) is 15.3 Å². The first kappa shape index (κ1) is 14.3. The number of hydrogen-bond acceptors (Lipinski definition) is 3. The van der Waals surface area contributed by atoms with Crippen molar-refractivity contribution in [1.82, 2.24) is 9.97 Å². The maximum atomic E-state index is 12.7. The molecular weight excluding hydrogens is 267 g/mol. The zero-order valence-corrected chi connectivity index (χ0v) is 10.9. The Morgan fingerprint density at radius 3 is 2.65 bits per heavy atom. The van der Waals surface area contributed by atoms with E-state index in [4.69, 9.17) is 0 Å². The van der Waals surface area contributed by atoms with E-state index in [0.717, 1.165) is 25.1 Å². The maximum Gasteiger partial charge on any atom is 0.416 e. The van der Waals surface area contributed by atoms with Crippen LogP contribution in [0.15, 0.2) is 36.7 Å². The van der Waals surface area contributed by atoms with Gasteiger partial charge in [0.25, 0.3) is 0 Å². The van der Waals surface area contributed by atoms with Crippen molar-refractivity contribution >= 4 is 5.82 Å². The summed E-state index contributed by atoms with van der Waals surface area (Å²) in [5, 5.41) is 3.08. The zero-order chi connectivity index (χ0) is 14.6. The molecule has 0 radical (unpaired) electrons. The van der Waals surface area contributed by atoms with E-state index in [1.165, 1.54) is 12.4 Å². The lowest BCUT2D eigenvalue weighted by molar-refractivity contribution is -0.137. The lowest BCUT2D eigenvalue weighted by Gasteiger charge is -2.09. The topological polar surface area (TPSA) is 37.8 Å². The van der Waals surface area contributed by atoms with Crippen molar-refractivity contribution in [3.8, 4) is 11.3 Å². The van der Waals surface area contributed by atoms with Crippen LogP contribution in [-0.2, 0) is 6.18 Å². The van der Waals surface area contributed by atoms with Gasteiger partial charge in [-0.25, -0.2) is 9.97 Å². The van der Waals surface area contributed by atoms with Crippen LogP contribution in [0.2, 0.25) is 0 Å². The van der Waals surface area contributed by atoms with Crippen LogP contribution >= 0.6 is 0 Å². The molecule has 0 aliphatic heterocycles. The highest BCUT2D eigenvalue weighted by molar-refractivity contribution is 5.63. The van der Waals surface area contributed by atoms with Crippen molar-refractivity contribution in [2.45, 2.75) is 19.5 Å². The maximum absolute atomic E-state index is 12.7. The molecule has 0 fully saturated rings. The van der Waals surface area contributed by atoms with Gasteiger partial charge in [-0.15, -0.1) is 0 Å². The highest BCUT2D eigenvalue weighted by atomic mass is 19.4. The number of hydrogen-bond donors (Lipinski definition) is 1. The van der Waals surface area contributed by atoms with Crippen LogP contribution in [0.1, 0.15) is 18.9 Å². The van der Waals surface area contributed by atoms with Crippen LogP contribution in [0.4, 0.5) is 19.0 Å². The van der Waals surface area contributed by atoms with Gasteiger partial charge in [0.05, 0.1) is 11.3 Å².